The van der Waals surface area contributed by atoms with E-state index in [1.807, 2.05) is 0 Å². The fourth-order valence-electron chi connectivity index (χ4n) is 1.22. The van der Waals surface area contributed by atoms with E-state index in [0.717, 1.165) is 11.8 Å². The first kappa shape index (κ1) is 11.0. The minimum atomic E-state index is 0.944. The van der Waals surface area contributed by atoms with Gasteiger partial charge in [-0.2, -0.15) is 0 Å². The van der Waals surface area contributed by atoms with Crippen molar-refractivity contribution < 1.29 is 0 Å². The van der Waals surface area contributed by atoms with Gasteiger partial charge in [-0.15, -0.1) is 0 Å². The highest BCUT2D eigenvalue weighted by Gasteiger charge is 2.01. The summed E-state index contributed by atoms with van der Waals surface area (Å²) in [6, 6.07) is 0. The van der Waals surface area contributed by atoms with Crippen LogP contribution in [0, 0.1) is 11.8 Å². The van der Waals surface area contributed by atoms with E-state index in [1.165, 1.54) is 32.1 Å². The van der Waals surface area contributed by atoms with E-state index in [-0.39, 0.29) is 0 Å². The summed E-state index contributed by atoms with van der Waals surface area (Å²) >= 11 is 0. The lowest BCUT2D eigenvalue weighted by Crippen LogP contribution is -1.96. The molecule has 68 valence electrons. The molecule has 0 heteroatoms. The molecule has 0 nitrogen and oxygen atoms in total. The minimum absolute atomic E-state index is 0.944. The van der Waals surface area contributed by atoms with Crippen LogP contribution in [0.5, 0.6) is 0 Å². The summed E-state index contributed by atoms with van der Waals surface area (Å²) in [7, 11) is 0. The van der Waals surface area contributed by atoms with Crippen molar-refractivity contribution in [3.8, 4) is 0 Å². The molecule has 0 aromatic rings. The topological polar surface area (TPSA) is 0 Å². The molecule has 0 rings (SSSR count). The van der Waals surface area contributed by atoms with Crippen molar-refractivity contribution in [3.63, 3.8) is 0 Å². The van der Waals surface area contributed by atoms with Gasteiger partial charge in [0.1, 0.15) is 0 Å². The van der Waals surface area contributed by atoms with Gasteiger partial charge in [0, 0.05) is 0 Å². The van der Waals surface area contributed by atoms with Gasteiger partial charge in [0.2, 0.25) is 0 Å². The fourth-order valence-corrected chi connectivity index (χ4v) is 1.22. The molecule has 0 radical (unpaired) electrons. The van der Waals surface area contributed by atoms with E-state index in [9.17, 15) is 0 Å². The monoisotopic (exact) mass is 156 g/mol. The van der Waals surface area contributed by atoms with Crippen molar-refractivity contribution in [3.05, 3.63) is 0 Å². The summed E-state index contributed by atoms with van der Waals surface area (Å²) in [5.41, 5.74) is 0. The largest absolute Gasteiger partial charge is 0.0651 e. The van der Waals surface area contributed by atoms with Gasteiger partial charge in [-0.25, -0.2) is 0 Å². The molecule has 0 spiro atoms. The second kappa shape index (κ2) is 6.69. The van der Waals surface area contributed by atoms with Crippen LogP contribution >= 0.6 is 0 Å². The van der Waals surface area contributed by atoms with Crippen molar-refractivity contribution in [2.75, 3.05) is 0 Å². The standard InChI is InChI=1S/C11H24/c1-5-10(3)8-7-9-11(4)6-2/h10-11H,5-9H2,1-4H3. The Kier molecular flexibility index (Phi) is 6.69. The molecule has 0 bridgehead atoms. The molecule has 0 N–H and O–H groups in total. The molecule has 0 saturated heterocycles. The molecule has 0 aromatic heterocycles. The molecular weight excluding hydrogens is 132 g/mol. The van der Waals surface area contributed by atoms with Crippen molar-refractivity contribution in [2.24, 2.45) is 11.8 Å². The van der Waals surface area contributed by atoms with Gasteiger partial charge >= 0.3 is 0 Å². The Labute approximate surface area is 72.4 Å². The zero-order chi connectivity index (χ0) is 8.69. The molecule has 0 heterocycles. The first-order valence-electron chi connectivity index (χ1n) is 5.20. The highest BCUT2D eigenvalue weighted by atomic mass is 14.1. The Morgan fingerprint density at radius 3 is 1.45 bits per heavy atom. The van der Waals surface area contributed by atoms with E-state index in [0.29, 0.717) is 0 Å². The lowest BCUT2D eigenvalue weighted by Gasteiger charge is -2.10. The Morgan fingerprint density at radius 1 is 0.818 bits per heavy atom. The molecule has 0 aliphatic carbocycles. The van der Waals surface area contributed by atoms with Crippen LogP contribution in [0.2, 0.25) is 0 Å². The number of hydrogen-bond donors (Lipinski definition) is 0. The molecule has 11 heavy (non-hydrogen) atoms. The highest BCUT2D eigenvalue weighted by Crippen LogP contribution is 2.16. The maximum absolute atomic E-state index is 2.36. The van der Waals surface area contributed by atoms with E-state index >= 15 is 0 Å². The molecule has 0 aromatic carbocycles. The van der Waals surface area contributed by atoms with Crippen LogP contribution in [0.3, 0.4) is 0 Å². The maximum Gasteiger partial charge on any atom is -0.0445 e. The third kappa shape index (κ3) is 6.40. The van der Waals surface area contributed by atoms with Gasteiger partial charge in [-0.3, -0.25) is 0 Å². The van der Waals surface area contributed by atoms with Crippen LogP contribution in [0.4, 0.5) is 0 Å². The van der Waals surface area contributed by atoms with Crippen LogP contribution in [0.15, 0.2) is 0 Å². The van der Waals surface area contributed by atoms with Crippen LogP contribution in [-0.4, -0.2) is 0 Å². The van der Waals surface area contributed by atoms with Gasteiger partial charge in [0.15, 0.2) is 0 Å². The highest BCUT2D eigenvalue weighted by molar-refractivity contribution is 4.54. The Bertz CT molecular complexity index is 66.1. The SMILES string of the molecule is CCC(C)CCCC(C)CC. The van der Waals surface area contributed by atoms with Crippen molar-refractivity contribution in [2.45, 2.75) is 59.8 Å². The van der Waals surface area contributed by atoms with Gasteiger partial charge in [0.05, 0.1) is 0 Å². The minimum Gasteiger partial charge on any atom is -0.0651 e. The summed E-state index contributed by atoms with van der Waals surface area (Å²) < 4.78 is 0. The zero-order valence-corrected chi connectivity index (χ0v) is 8.69. The van der Waals surface area contributed by atoms with Crippen LogP contribution in [-0.2, 0) is 0 Å². The van der Waals surface area contributed by atoms with E-state index in [1.54, 1.807) is 0 Å². The van der Waals surface area contributed by atoms with Crippen LogP contribution in [0.25, 0.3) is 0 Å². The normalized spacial score (nSPS) is 16.4. The number of hydrogen-bond acceptors (Lipinski definition) is 0. The summed E-state index contributed by atoms with van der Waals surface area (Å²) in [4.78, 5) is 0. The molecule has 0 aliphatic heterocycles. The maximum atomic E-state index is 2.36. The zero-order valence-electron chi connectivity index (χ0n) is 8.69. The van der Waals surface area contributed by atoms with Crippen LogP contribution < -0.4 is 0 Å². The average Bonchev–Trinajstić information content (AvgIpc) is 2.04. The molecule has 0 amide bonds. The summed E-state index contributed by atoms with van der Waals surface area (Å²) in [5, 5.41) is 0. The van der Waals surface area contributed by atoms with Crippen molar-refractivity contribution >= 4 is 0 Å². The molecule has 2 atom stereocenters. The van der Waals surface area contributed by atoms with Gasteiger partial charge in [0.25, 0.3) is 0 Å². The molecular formula is C11H24. The Morgan fingerprint density at radius 2 is 1.18 bits per heavy atom. The predicted octanol–water partition coefficient (Wildman–Crippen LogP) is 4.25. The van der Waals surface area contributed by atoms with Crippen molar-refractivity contribution in [1.82, 2.24) is 0 Å². The first-order chi connectivity index (χ1) is 5.20. The summed E-state index contributed by atoms with van der Waals surface area (Å²) in [5.74, 6) is 1.89. The Hall–Kier alpha value is 0. The molecule has 0 saturated carbocycles. The Balaban J connectivity index is 3.13. The lowest BCUT2D eigenvalue weighted by molar-refractivity contribution is 0.428. The first-order valence-corrected chi connectivity index (χ1v) is 5.20. The van der Waals surface area contributed by atoms with E-state index in [2.05, 4.69) is 27.7 Å². The van der Waals surface area contributed by atoms with Gasteiger partial charge < -0.3 is 0 Å². The third-order valence-electron chi connectivity index (χ3n) is 2.79. The second-order valence-electron chi connectivity index (χ2n) is 3.96. The quantitative estimate of drug-likeness (QED) is 0.539. The van der Waals surface area contributed by atoms with E-state index < -0.39 is 0 Å². The van der Waals surface area contributed by atoms with Gasteiger partial charge in [-0.05, 0) is 11.8 Å². The average molecular weight is 156 g/mol. The summed E-state index contributed by atoms with van der Waals surface area (Å²) in [6.45, 7) is 9.29. The smallest absolute Gasteiger partial charge is 0.0445 e. The lowest BCUT2D eigenvalue weighted by atomic mass is 9.96. The number of rotatable bonds is 6. The van der Waals surface area contributed by atoms with E-state index in [4.69, 9.17) is 0 Å². The molecule has 2 unspecified atom stereocenters. The molecule has 0 aliphatic rings. The summed E-state index contributed by atoms with van der Waals surface area (Å²) in [6.07, 6.45) is 6.99. The van der Waals surface area contributed by atoms with Gasteiger partial charge in [-0.1, -0.05) is 59.8 Å². The molecule has 0 fully saturated rings. The third-order valence-corrected chi connectivity index (χ3v) is 2.79. The fraction of sp³-hybridized carbons (Fsp3) is 1.00. The second-order valence-corrected chi connectivity index (χ2v) is 3.96. The van der Waals surface area contributed by atoms with Crippen LogP contribution in [0.1, 0.15) is 59.8 Å². The van der Waals surface area contributed by atoms with Crippen molar-refractivity contribution in [1.29, 1.82) is 0 Å². The predicted molar refractivity (Wildman–Crippen MR) is 52.8 cm³/mol.